The molecule has 11 heteroatoms. The third kappa shape index (κ3) is 7.66. The van der Waals surface area contributed by atoms with E-state index in [1.165, 1.54) is 0 Å². The highest BCUT2D eigenvalue weighted by Crippen LogP contribution is 2.42. The van der Waals surface area contributed by atoms with Crippen LogP contribution in [0, 0.1) is 0 Å². The summed E-state index contributed by atoms with van der Waals surface area (Å²) < 4.78 is 82.4. The maximum Gasteiger partial charge on any atom is 0.200 e. The van der Waals surface area contributed by atoms with Crippen LogP contribution in [-0.4, -0.2) is 44.0 Å². The van der Waals surface area contributed by atoms with E-state index in [0.29, 0.717) is 46.0 Å². The number of aryl methyl sites for hydroxylation is 1. The number of ether oxygens (including phenoxy) is 1. The van der Waals surface area contributed by atoms with Crippen molar-refractivity contribution in [3.05, 3.63) is 126 Å². The van der Waals surface area contributed by atoms with Crippen molar-refractivity contribution in [3.63, 3.8) is 0 Å². The van der Waals surface area contributed by atoms with E-state index in [2.05, 4.69) is 0 Å². The highest BCUT2D eigenvalue weighted by Gasteiger charge is 2.27. The molecule has 4 aromatic carbocycles. The van der Waals surface area contributed by atoms with Crippen molar-refractivity contribution < 1.29 is 35.1 Å². The molecule has 0 atom stereocenters. The minimum atomic E-state index is -4.52. The molecule has 9 nitrogen and oxygen atoms in total. The maximum atomic E-state index is 11.7. The second-order valence-corrected chi connectivity index (χ2v) is 14.2. The van der Waals surface area contributed by atoms with Crippen molar-refractivity contribution in [2.24, 2.45) is 0 Å². The summed E-state index contributed by atoms with van der Waals surface area (Å²) in [4.78, 5) is 1.66. The molecule has 242 valence electrons. The third-order valence-corrected chi connectivity index (χ3v) is 9.35. The first-order chi connectivity index (χ1) is 22.5. The largest absolute Gasteiger partial charge is 0.748 e. The Morgan fingerprint density at radius 2 is 1.38 bits per heavy atom. The monoisotopic (exact) mass is 669 g/mol. The number of hydrogen-bond acceptors (Lipinski definition) is 9. The van der Waals surface area contributed by atoms with E-state index in [1.54, 1.807) is 23.1 Å². The fraction of sp³-hybridized carbons (Fsp3) is 0.167. The van der Waals surface area contributed by atoms with E-state index in [-0.39, 0.29) is 13.0 Å². The fourth-order valence-electron chi connectivity index (χ4n) is 5.60. The summed E-state index contributed by atoms with van der Waals surface area (Å²) in [6.45, 7) is 1.79. The molecule has 6 rings (SSSR count). The Morgan fingerprint density at radius 3 is 2.00 bits per heavy atom. The number of fused-ring (bicyclic) bond motifs is 2. The summed E-state index contributed by atoms with van der Waals surface area (Å²) >= 11 is 0. The molecule has 2 heterocycles. The van der Waals surface area contributed by atoms with Crippen molar-refractivity contribution in [2.45, 2.75) is 19.8 Å². The van der Waals surface area contributed by atoms with E-state index in [0.717, 1.165) is 27.8 Å². The average molecular weight is 670 g/mol. The number of anilines is 1. The van der Waals surface area contributed by atoms with Gasteiger partial charge in [-0.15, -0.1) is 0 Å². The molecule has 47 heavy (non-hydrogen) atoms. The second kappa shape index (κ2) is 13.2. The van der Waals surface area contributed by atoms with Gasteiger partial charge in [0.15, 0.2) is 5.75 Å². The van der Waals surface area contributed by atoms with E-state index in [9.17, 15) is 25.9 Å². The molecule has 0 amide bonds. The van der Waals surface area contributed by atoms with Crippen molar-refractivity contribution in [1.29, 1.82) is 0 Å². The highest BCUT2D eigenvalue weighted by molar-refractivity contribution is 7.85. The van der Waals surface area contributed by atoms with Gasteiger partial charge in [-0.1, -0.05) is 79.7 Å². The van der Waals surface area contributed by atoms with Crippen LogP contribution in [0.3, 0.4) is 0 Å². The molecule has 0 radical (unpaired) electrons. The van der Waals surface area contributed by atoms with Gasteiger partial charge >= 0.3 is 0 Å². The van der Waals surface area contributed by atoms with Gasteiger partial charge in [0.2, 0.25) is 5.88 Å². The van der Waals surface area contributed by atoms with Crippen LogP contribution in [0.1, 0.15) is 24.7 Å². The number of nitrogens with zero attached hydrogens (tertiary/aromatic N) is 1. The summed E-state index contributed by atoms with van der Waals surface area (Å²) in [5, 5.41) is 0.699. The first-order valence-electron chi connectivity index (χ1n) is 15.0. The average Bonchev–Trinajstić information content (AvgIpc) is 3.58. The smallest absolute Gasteiger partial charge is 0.200 e. The summed E-state index contributed by atoms with van der Waals surface area (Å²) in [6.07, 6.45) is 3.97. The van der Waals surface area contributed by atoms with Crippen LogP contribution < -0.4 is 9.64 Å². The van der Waals surface area contributed by atoms with Crippen molar-refractivity contribution in [3.8, 4) is 28.0 Å². The summed E-state index contributed by atoms with van der Waals surface area (Å²) in [5.41, 5.74) is 6.21. The molecular weight excluding hydrogens is 639 g/mol. The van der Waals surface area contributed by atoms with Gasteiger partial charge in [0.25, 0.3) is 0 Å². The Hall–Kier alpha value is -4.68. The maximum absolute atomic E-state index is 11.7. The lowest BCUT2D eigenvalue weighted by Crippen LogP contribution is -2.27. The zero-order valence-corrected chi connectivity index (χ0v) is 27.1. The van der Waals surface area contributed by atoms with Gasteiger partial charge in [-0.25, -0.2) is 16.8 Å². The standard InChI is InChI=1S/C36H33NO8S2/c1-2-25(21-35-30(17-19-46(38,39)40)31-23-28(13-15-33(31)44-35)26-9-5-3-6-10-26)22-36-37(18-20-47(41,42)43)32-24-29(14-16-34(32)45-36)27-11-7-4-8-12-27/h3-16,21-24H,2,17-20H2,1H3,(H,38,39,40)(H,41,42,43)/p-2/b25-21+,36-22-. The van der Waals surface area contributed by atoms with Crippen LogP contribution in [0.5, 0.6) is 5.75 Å². The molecule has 1 aliphatic heterocycles. The minimum Gasteiger partial charge on any atom is -0.748 e. The first kappa shape index (κ1) is 32.3. The van der Waals surface area contributed by atoms with E-state index < -0.39 is 31.7 Å². The Labute approximate surface area is 273 Å². The number of allylic oxidation sites excluding steroid dienone is 2. The zero-order valence-electron chi connectivity index (χ0n) is 25.5. The predicted molar refractivity (Wildman–Crippen MR) is 181 cm³/mol. The SMILES string of the molecule is CCC(/C=C1\Oc2ccc(-c3ccccc3)cc2N1CCS(=O)(=O)[O-])=C\c1oc2ccc(-c3ccccc3)cc2c1CCS(=O)(=O)[O-]. The zero-order chi connectivity index (χ0) is 33.2. The lowest BCUT2D eigenvalue weighted by Gasteiger charge is -2.20. The van der Waals surface area contributed by atoms with Gasteiger partial charge in [0.1, 0.15) is 11.3 Å². The van der Waals surface area contributed by atoms with Crippen LogP contribution in [-0.2, 0) is 26.7 Å². The van der Waals surface area contributed by atoms with Crippen molar-refractivity contribution in [1.82, 2.24) is 0 Å². The fourth-order valence-corrected chi connectivity index (χ4v) is 6.46. The van der Waals surface area contributed by atoms with Gasteiger partial charge in [0, 0.05) is 29.3 Å². The Balaban J connectivity index is 1.42. The molecule has 1 aromatic heterocycles. The molecule has 1 aliphatic rings. The highest BCUT2D eigenvalue weighted by atomic mass is 32.2. The molecule has 0 saturated heterocycles. The number of rotatable bonds is 11. The predicted octanol–water partition coefficient (Wildman–Crippen LogP) is 6.93. The second-order valence-electron chi connectivity index (χ2n) is 11.2. The number of hydrogen-bond donors (Lipinski definition) is 0. The first-order valence-corrected chi connectivity index (χ1v) is 18.2. The Morgan fingerprint density at radius 1 is 0.766 bits per heavy atom. The number of benzene rings is 4. The van der Waals surface area contributed by atoms with Crippen LogP contribution in [0.15, 0.2) is 119 Å². The van der Waals surface area contributed by atoms with Crippen LogP contribution >= 0.6 is 0 Å². The van der Waals surface area contributed by atoms with Gasteiger partial charge < -0.3 is 23.2 Å². The molecule has 0 saturated carbocycles. The molecule has 0 bridgehead atoms. The Bertz CT molecular complexity index is 2210. The molecule has 0 unspecified atom stereocenters. The third-order valence-electron chi connectivity index (χ3n) is 7.97. The van der Waals surface area contributed by atoms with Crippen LogP contribution in [0.25, 0.3) is 39.3 Å². The minimum absolute atomic E-state index is 0.0475. The molecule has 0 fully saturated rings. The lowest BCUT2D eigenvalue weighted by atomic mass is 10.0. The van der Waals surface area contributed by atoms with E-state index in [1.807, 2.05) is 97.9 Å². The topological polar surface area (TPSA) is 140 Å². The molecular formula is C36H31NO8S2-2. The van der Waals surface area contributed by atoms with Crippen LogP contribution in [0.4, 0.5) is 5.69 Å². The van der Waals surface area contributed by atoms with E-state index >= 15 is 0 Å². The number of furan rings is 1. The normalized spacial score (nSPS) is 14.5. The quantitative estimate of drug-likeness (QED) is 0.137. The van der Waals surface area contributed by atoms with Crippen LogP contribution in [0.2, 0.25) is 0 Å². The lowest BCUT2D eigenvalue weighted by molar-refractivity contribution is 0.436. The summed E-state index contributed by atoms with van der Waals surface area (Å²) in [6, 6.07) is 30.7. The van der Waals surface area contributed by atoms with Gasteiger partial charge in [-0.2, -0.15) is 0 Å². The van der Waals surface area contributed by atoms with E-state index in [4.69, 9.17) is 9.15 Å². The summed E-state index contributed by atoms with van der Waals surface area (Å²) in [5.74, 6) is 0.00863. The van der Waals surface area contributed by atoms with Crippen molar-refractivity contribution in [2.75, 3.05) is 23.0 Å². The van der Waals surface area contributed by atoms with Gasteiger partial charge in [-0.05, 0) is 71.0 Å². The molecule has 0 aliphatic carbocycles. The van der Waals surface area contributed by atoms with Gasteiger partial charge in [0.05, 0.1) is 31.7 Å². The molecule has 0 N–H and O–H groups in total. The molecule has 0 spiro atoms. The van der Waals surface area contributed by atoms with Crippen molar-refractivity contribution >= 4 is 43.0 Å². The van der Waals surface area contributed by atoms with Gasteiger partial charge in [-0.3, -0.25) is 0 Å². The molecule has 5 aromatic rings. The Kier molecular flexibility index (Phi) is 9.07. The summed E-state index contributed by atoms with van der Waals surface area (Å²) in [7, 11) is -9.03.